The minimum Gasteiger partial charge on any atom is -0.362 e. The van der Waals surface area contributed by atoms with Crippen molar-refractivity contribution < 1.29 is 0 Å². The Morgan fingerprint density at radius 3 is 2.62 bits per heavy atom. The van der Waals surface area contributed by atoms with Crippen molar-refractivity contribution in [2.24, 2.45) is 4.99 Å². The number of hydrogen-bond donors (Lipinski definition) is 2. The Bertz CT molecular complexity index is 683. The third-order valence-corrected chi connectivity index (χ3v) is 5.16. The van der Waals surface area contributed by atoms with Crippen LogP contribution in [-0.4, -0.2) is 38.1 Å². The molecule has 26 heavy (non-hydrogen) atoms. The molecule has 5 nitrogen and oxygen atoms in total. The van der Waals surface area contributed by atoms with Gasteiger partial charge in [-0.2, -0.15) is 0 Å². The molecule has 0 amide bonds. The first-order valence-electron chi connectivity index (χ1n) is 8.61. The van der Waals surface area contributed by atoms with Gasteiger partial charge in [-0.05, 0) is 24.4 Å². The molecule has 0 fully saturated rings. The van der Waals surface area contributed by atoms with Gasteiger partial charge in [0.2, 0.25) is 0 Å². The number of rotatable bonds is 7. The fourth-order valence-corrected chi connectivity index (χ4v) is 3.37. The van der Waals surface area contributed by atoms with E-state index in [-0.39, 0.29) is 29.4 Å². The predicted molar refractivity (Wildman–Crippen MR) is 124 cm³/mol. The Hall–Kier alpha value is -1.35. The average Bonchev–Trinajstić information content (AvgIpc) is 3.13. The molecule has 2 N–H and O–H groups in total. The van der Waals surface area contributed by atoms with Gasteiger partial charge in [-0.3, -0.25) is 0 Å². The Morgan fingerprint density at radius 1 is 1.23 bits per heavy atom. The van der Waals surface area contributed by atoms with Crippen molar-refractivity contribution in [3.8, 4) is 0 Å². The summed E-state index contributed by atoms with van der Waals surface area (Å²) < 4.78 is 0. The van der Waals surface area contributed by atoms with E-state index in [4.69, 9.17) is 4.99 Å². The first kappa shape index (κ1) is 22.7. The number of nitrogens with zero attached hydrogens (tertiary/aromatic N) is 3. The van der Waals surface area contributed by atoms with Crippen LogP contribution in [0.1, 0.15) is 31.2 Å². The fourth-order valence-electron chi connectivity index (χ4n) is 2.52. The van der Waals surface area contributed by atoms with Gasteiger partial charge in [0.25, 0.3) is 0 Å². The average molecular weight is 487 g/mol. The summed E-state index contributed by atoms with van der Waals surface area (Å²) in [6, 6.07) is 8.32. The minimum atomic E-state index is 0. The van der Waals surface area contributed by atoms with Gasteiger partial charge < -0.3 is 15.5 Å². The van der Waals surface area contributed by atoms with Crippen LogP contribution < -0.4 is 15.5 Å². The second kappa shape index (κ2) is 10.7. The van der Waals surface area contributed by atoms with E-state index in [0.29, 0.717) is 6.54 Å². The van der Waals surface area contributed by atoms with Gasteiger partial charge in [0.05, 0.1) is 6.54 Å². The second-order valence-corrected chi connectivity index (χ2v) is 7.74. The molecule has 7 heteroatoms. The SMILES string of the molecule is CCNC(=NCc1cccnc1N(C)C)NCC(C)(C)c1cccs1.I. The number of aliphatic imine (C=N–C) groups is 1. The Balaban J connectivity index is 0.00000338. The fraction of sp³-hybridized carbons (Fsp3) is 0.474. The van der Waals surface area contributed by atoms with E-state index in [2.05, 4.69) is 60.0 Å². The summed E-state index contributed by atoms with van der Waals surface area (Å²) in [5.41, 5.74) is 1.18. The molecule has 0 aliphatic carbocycles. The summed E-state index contributed by atoms with van der Waals surface area (Å²) in [6.07, 6.45) is 1.82. The van der Waals surface area contributed by atoms with E-state index in [1.165, 1.54) is 4.88 Å². The summed E-state index contributed by atoms with van der Waals surface area (Å²) in [4.78, 5) is 12.6. The number of anilines is 1. The lowest BCUT2D eigenvalue weighted by Crippen LogP contribution is -2.43. The van der Waals surface area contributed by atoms with Gasteiger partial charge in [-0.1, -0.05) is 26.0 Å². The maximum Gasteiger partial charge on any atom is 0.191 e. The number of guanidine groups is 1. The maximum absolute atomic E-state index is 4.74. The molecule has 0 bridgehead atoms. The van der Waals surface area contributed by atoms with Crippen LogP contribution >= 0.6 is 35.3 Å². The monoisotopic (exact) mass is 487 g/mol. The molecule has 0 saturated heterocycles. The molecule has 0 saturated carbocycles. The first-order valence-corrected chi connectivity index (χ1v) is 9.49. The summed E-state index contributed by atoms with van der Waals surface area (Å²) >= 11 is 1.80. The smallest absolute Gasteiger partial charge is 0.191 e. The molecule has 0 atom stereocenters. The standard InChI is InChI=1S/C19H29N5S.HI/c1-6-20-18(23-14-19(2,3)16-10-8-12-25-16)22-13-15-9-7-11-21-17(15)24(4)5;/h7-12H,6,13-14H2,1-5H3,(H2,20,22,23);1H. The largest absolute Gasteiger partial charge is 0.362 e. The van der Waals surface area contributed by atoms with Crippen LogP contribution in [0.4, 0.5) is 5.82 Å². The van der Waals surface area contributed by atoms with E-state index >= 15 is 0 Å². The number of nitrogens with one attached hydrogen (secondary N) is 2. The predicted octanol–water partition coefficient (Wildman–Crippen LogP) is 3.86. The van der Waals surface area contributed by atoms with Crippen molar-refractivity contribution in [1.29, 1.82) is 0 Å². The van der Waals surface area contributed by atoms with Gasteiger partial charge in [0.15, 0.2) is 5.96 Å². The van der Waals surface area contributed by atoms with Crippen molar-refractivity contribution in [3.63, 3.8) is 0 Å². The summed E-state index contributed by atoms with van der Waals surface area (Å²) in [5.74, 6) is 1.79. The Labute approximate surface area is 178 Å². The summed E-state index contributed by atoms with van der Waals surface area (Å²) in [6.45, 7) is 8.83. The van der Waals surface area contributed by atoms with Gasteiger partial charge in [-0.15, -0.1) is 35.3 Å². The maximum atomic E-state index is 4.74. The lowest BCUT2D eigenvalue weighted by Gasteiger charge is -2.25. The van der Waals surface area contributed by atoms with Gasteiger partial charge in [0, 0.05) is 49.2 Å². The number of aromatic nitrogens is 1. The quantitative estimate of drug-likeness (QED) is 0.354. The highest BCUT2D eigenvalue weighted by molar-refractivity contribution is 14.0. The third-order valence-electron chi connectivity index (χ3n) is 3.93. The van der Waals surface area contributed by atoms with E-state index in [1.54, 1.807) is 11.3 Å². The summed E-state index contributed by atoms with van der Waals surface area (Å²) in [7, 11) is 4.01. The highest BCUT2D eigenvalue weighted by Gasteiger charge is 2.21. The topological polar surface area (TPSA) is 52.6 Å². The Kier molecular flexibility index (Phi) is 9.35. The minimum absolute atomic E-state index is 0. The molecule has 2 heterocycles. The van der Waals surface area contributed by atoms with E-state index < -0.39 is 0 Å². The number of thiophene rings is 1. The first-order chi connectivity index (χ1) is 11.9. The molecular weight excluding hydrogens is 457 g/mol. The molecule has 0 unspecified atom stereocenters. The number of halogens is 1. The summed E-state index contributed by atoms with van der Waals surface area (Å²) in [5, 5.41) is 8.93. The van der Waals surface area contributed by atoms with Crippen LogP contribution in [0, 0.1) is 0 Å². The molecule has 0 spiro atoms. The second-order valence-electron chi connectivity index (χ2n) is 6.79. The molecule has 2 rings (SSSR count). The van der Waals surface area contributed by atoms with Crippen molar-refractivity contribution in [2.75, 3.05) is 32.1 Å². The molecule has 2 aromatic heterocycles. The Morgan fingerprint density at radius 2 is 2.00 bits per heavy atom. The van der Waals surface area contributed by atoms with Gasteiger partial charge in [-0.25, -0.2) is 9.98 Å². The van der Waals surface area contributed by atoms with Gasteiger partial charge in [0.1, 0.15) is 5.82 Å². The molecule has 0 radical (unpaired) electrons. The molecular formula is C19H30IN5S. The highest BCUT2D eigenvalue weighted by atomic mass is 127. The van der Waals surface area contributed by atoms with E-state index in [9.17, 15) is 0 Å². The van der Waals surface area contributed by atoms with Crippen LogP contribution in [0.3, 0.4) is 0 Å². The highest BCUT2D eigenvalue weighted by Crippen LogP contribution is 2.26. The molecule has 144 valence electrons. The van der Waals surface area contributed by atoms with Gasteiger partial charge >= 0.3 is 0 Å². The lowest BCUT2D eigenvalue weighted by molar-refractivity contribution is 0.518. The number of hydrogen-bond acceptors (Lipinski definition) is 4. The van der Waals surface area contributed by atoms with Crippen molar-refractivity contribution in [3.05, 3.63) is 46.3 Å². The van der Waals surface area contributed by atoms with Crippen molar-refractivity contribution in [2.45, 2.75) is 32.7 Å². The third kappa shape index (κ3) is 6.42. The van der Waals surface area contributed by atoms with Crippen LogP contribution in [0.25, 0.3) is 0 Å². The zero-order valence-corrected chi connectivity index (χ0v) is 19.4. The van der Waals surface area contributed by atoms with Crippen molar-refractivity contribution in [1.82, 2.24) is 15.6 Å². The van der Waals surface area contributed by atoms with Crippen LogP contribution in [-0.2, 0) is 12.0 Å². The normalized spacial score (nSPS) is 11.7. The lowest BCUT2D eigenvalue weighted by atomic mass is 9.91. The zero-order chi connectivity index (χ0) is 18.3. The molecule has 0 aliphatic heterocycles. The molecule has 0 aromatic carbocycles. The molecule has 0 aliphatic rings. The van der Waals surface area contributed by atoms with Crippen LogP contribution in [0.5, 0.6) is 0 Å². The number of pyridine rings is 1. The van der Waals surface area contributed by atoms with Crippen LogP contribution in [0.15, 0.2) is 40.8 Å². The van der Waals surface area contributed by atoms with E-state index in [0.717, 1.165) is 30.4 Å². The zero-order valence-electron chi connectivity index (χ0n) is 16.2. The van der Waals surface area contributed by atoms with Crippen molar-refractivity contribution >= 4 is 47.1 Å². The molecule has 2 aromatic rings. The van der Waals surface area contributed by atoms with Crippen LogP contribution in [0.2, 0.25) is 0 Å². The van der Waals surface area contributed by atoms with E-state index in [1.807, 2.05) is 31.3 Å².